The lowest BCUT2D eigenvalue weighted by atomic mass is 10.0. The van der Waals surface area contributed by atoms with Crippen molar-refractivity contribution < 1.29 is 22.7 Å². The van der Waals surface area contributed by atoms with Crippen molar-refractivity contribution in [2.24, 2.45) is 0 Å². The van der Waals surface area contributed by atoms with Gasteiger partial charge in [-0.05, 0) is 60.5 Å². The Labute approximate surface area is 268 Å². The second-order valence-corrected chi connectivity index (χ2v) is 12.6. The first-order valence-electron chi connectivity index (χ1n) is 13.9. The number of ether oxygens (including phenoxy) is 1. The first-order valence-corrected chi connectivity index (χ1v) is 16.1. The van der Waals surface area contributed by atoms with Gasteiger partial charge in [-0.1, -0.05) is 83.9 Å². The monoisotopic (exact) mass is 653 g/mol. The molecule has 0 unspecified atom stereocenters. The van der Waals surface area contributed by atoms with Crippen LogP contribution in [0.3, 0.4) is 0 Å². The third-order valence-corrected chi connectivity index (χ3v) is 9.22. The molecule has 4 aromatic carbocycles. The fraction of sp³-hybridized carbons (Fsp3) is 0.212. The van der Waals surface area contributed by atoms with Crippen LogP contribution in [0.2, 0.25) is 10.0 Å². The highest BCUT2D eigenvalue weighted by Crippen LogP contribution is 2.32. The van der Waals surface area contributed by atoms with Crippen LogP contribution in [0, 0.1) is 0 Å². The maximum atomic E-state index is 14.4. The molecule has 4 aromatic rings. The molecule has 0 saturated carbocycles. The molecule has 0 spiro atoms. The van der Waals surface area contributed by atoms with Crippen LogP contribution in [-0.4, -0.2) is 51.4 Å². The lowest BCUT2D eigenvalue weighted by Gasteiger charge is -2.34. The molecule has 0 aliphatic rings. The van der Waals surface area contributed by atoms with E-state index in [0.717, 1.165) is 9.87 Å². The van der Waals surface area contributed by atoms with Crippen LogP contribution in [-0.2, 0) is 32.6 Å². The van der Waals surface area contributed by atoms with Crippen molar-refractivity contribution in [3.63, 3.8) is 0 Å². The SMILES string of the molecule is CCNC(=O)[C@H](Cc1ccccc1)N(Cc1cccc(Cl)c1)C(=O)CN(c1ccc(OC)c(Cl)c1)S(=O)(=O)c1ccccc1. The molecule has 0 saturated heterocycles. The molecule has 1 atom stereocenters. The van der Waals surface area contributed by atoms with Gasteiger partial charge in [-0.15, -0.1) is 0 Å². The van der Waals surface area contributed by atoms with Crippen LogP contribution in [0.5, 0.6) is 5.75 Å². The van der Waals surface area contributed by atoms with E-state index >= 15 is 0 Å². The van der Waals surface area contributed by atoms with Crippen LogP contribution < -0.4 is 14.4 Å². The Balaban J connectivity index is 1.81. The van der Waals surface area contributed by atoms with E-state index in [1.54, 1.807) is 49.4 Å². The number of carbonyl (C=O) groups excluding carboxylic acids is 2. The summed E-state index contributed by atoms with van der Waals surface area (Å²) in [6.07, 6.45) is 0.207. The van der Waals surface area contributed by atoms with Gasteiger partial charge in [0.25, 0.3) is 10.0 Å². The van der Waals surface area contributed by atoms with E-state index in [2.05, 4.69) is 5.32 Å². The summed E-state index contributed by atoms with van der Waals surface area (Å²) in [6.45, 7) is 1.55. The Morgan fingerprint density at radius 3 is 2.14 bits per heavy atom. The molecule has 0 aromatic heterocycles. The van der Waals surface area contributed by atoms with Crippen LogP contribution in [0.15, 0.2) is 108 Å². The number of benzene rings is 4. The number of hydrogen-bond acceptors (Lipinski definition) is 5. The number of methoxy groups -OCH3 is 1. The Hall–Kier alpha value is -4.05. The lowest BCUT2D eigenvalue weighted by Crippen LogP contribution is -2.53. The van der Waals surface area contributed by atoms with Gasteiger partial charge in [0.1, 0.15) is 18.3 Å². The van der Waals surface area contributed by atoms with E-state index in [-0.39, 0.29) is 34.5 Å². The summed E-state index contributed by atoms with van der Waals surface area (Å²) in [4.78, 5) is 29.3. The smallest absolute Gasteiger partial charge is 0.264 e. The van der Waals surface area contributed by atoms with Gasteiger partial charge in [0.2, 0.25) is 11.8 Å². The highest BCUT2D eigenvalue weighted by atomic mass is 35.5. The third-order valence-electron chi connectivity index (χ3n) is 6.90. The topological polar surface area (TPSA) is 96.0 Å². The molecule has 4 rings (SSSR count). The van der Waals surface area contributed by atoms with E-state index in [9.17, 15) is 18.0 Å². The summed E-state index contributed by atoms with van der Waals surface area (Å²) in [6, 6.07) is 27.6. The van der Waals surface area contributed by atoms with Crippen LogP contribution in [0.4, 0.5) is 5.69 Å². The zero-order chi connectivity index (χ0) is 31.7. The minimum absolute atomic E-state index is 0.00862. The number of sulfonamides is 1. The summed E-state index contributed by atoms with van der Waals surface area (Å²) in [5.74, 6) is -0.610. The average molecular weight is 655 g/mol. The third kappa shape index (κ3) is 8.11. The highest BCUT2D eigenvalue weighted by Gasteiger charge is 2.34. The van der Waals surface area contributed by atoms with Crippen LogP contribution in [0.25, 0.3) is 0 Å². The van der Waals surface area contributed by atoms with Gasteiger partial charge in [0.05, 0.1) is 22.7 Å². The predicted octanol–water partition coefficient (Wildman–Crippen LogP) is 5.97. The summed E-state index contributed by atoms with van der Waals surface area (Å²) in [5, 5.41) is 3.48. The summed E-state index contributed by atoms with van der Waals surface area (Å²) in [7, 11) is -2.80. The molecule has 8 nitrogen and oxygen atoms in total. The highest BCUT2D eigenvalue weighted by molar-refractivity contribution is 7.92. The van der Waals surface area contributed by atoms with Crippen molar-refractivity contribution in [3.8, 4) is 5.75 Å². The molecule has 0 aliphatic carbocycles. The molecular formula is C33H33Cl2N3O5S. The fourth-order valence-corrected chi connectivity index (χ4v) is 6.63. The molecule has 44 heavy (non-hydrogen) atoms. The van der Waals surface area contributed by atoms with Crippen LogP contribution >= 0.6 is 23.2 Å². The molecule has 2 amide bonds. The Morgan fingerprint density at radius 1 is 0.864 bits per heavy atom. The van der Waals surface area contributed by atoms with Gasteiger partial charge in [-0.25, -0.2) is 8.42 Å². The quantitative estimate of drug-likeness (QED) is 0.192. The number of likely N-dealkylation sites (N-methyl/N-ethyl adjacent to an activating group) is 1. The van der Waals surface area contributed by atoms with E-state index in [1.165, 1.54) is 42.3 Å². The molecule has 0 bridgehead atoms. The molecule has 1 N–H and O–H groups in total. The second kappa shape index (κ2) is 15.1. The lowest BCUT2D eigenvalue weighted by molar-refractivity contribution is -0.140. The molecule has 11 heteroatoms. The zero-order valence-electron chi connectivity index (χ0n) is 24.3. The first kappa shape index (κ1) is 32.9. The Kier molecular flexibility index (Phi) is 11.3. The van der Waals surface area contributed by atoms with Crippen molar-refractivity contribution >= 4 is 50.7 Å². The number of halogens is 2. The summed E-state index contributed by atoms with van der Waals surface area (Å²) >= 11 is 12.7. The van der Waals surface area contributed by atoms with Crippen LogP contribution in [0.1, 0.15) is 18.1 Å². The van der Waals surface area contributed by atoms with Gasteiger partial charge in [0, 0.05) is 24.5 Å². The molecule has 0 aliphatic heterocycles. The largest absolute Gasteiger partial charge is 0.495 e. The molecule has 0 heterocycles. The molecule has 230 valence electrons. The predicted molar refractivity (Wildman–Crippen MR) is 174 cm³/mol. The van der Waals surface area contributed by atoms with E-state index in [4.69, 9.17) is 27.9 Å². The molecular weight excluding hydrogens is 621 g/mol. The maximum Gasteiger partial charge on any atom is 0.264 e. The van der Waals surface area contributed by atoms with Crippen molar-refractivity contribution in [1.82, 2.24) is 10.2 Å². The van der Waals surface area contributed by atoms with Crippen molar-refractivity contribution in [3.05, 3.63) is 124 Å². The number of amides is 2. The zero-order valence-corrected chi connectivity index (χ0v) is 26.6. The fourth-order valence-electron chi connectivity index (χ4n) is 4.74. The number of anilines is 1. The normalized spacial score (nSPS) is 11.8. The van der Waals surface area contributed by atoms with Gasteiger partial charge in [-0.2, -0.15) is 0 Å². The number of carbonyl (C=O) groups is 2. The standard InChI is InChI=1S/C33H33Cl2N3O5S/c1-3-36-33(40)30(20-24-11-6-4-7-12-24)37(22-25-13-10-14-26(34)19-25)32(39)23-38(27-17-18-31(43-2)29(35)21-27)44(41,42)28-15-8-5-9-16-28/h4-19,21,30H,3,20,22-23H2,1-2H3,(H,36,40)/t30-/m0/s1. The maximum absolute atomic E-state index is 14.4. The van der Waals surface area contributed by atoms with Gasteiger partial charge < -0.3 is 15.0 Å². The number of nitrogens with zero attached hydrogens (tertiary/aromatic N) is 2. The van der Waals surface area contributed by atoms with Crippen molar-refractivity contribution in [1.29, 1.82) is 0 Å². The van der Waals surface area contributed by atoms with Gasteiger partial charge >= 0.3 is 0 Å². The minimum Gasteiger partial charge on any atom is -0.495 e. The number of rotatable bonds is 13. The van der Waals surface area contributed by atoms with Gasteiger partial charge in [-0.3, -0.25) is 13.9 Å². The van der Waals surface area contributed by atoms with E-state index in [0.29, 0.717) is 22.9 Å². The van der Waals surface area contributed by atoms with E-state index in [1.807, 2.05) is 30.3 Å². The first-order chi connectivity index (χ1) is 21.1. The second-order valence-electron chi connectivity index (χ2n) is 9.90. The van der Waals surface area contributed by atoms with Crippen molar-refractivity contribution in [2.75, 3.05) is 24.5 Å². The number of hydrogen-bond donors (Lipinski definition) is 1. The number of nitrogens with one attached hydrogen (secondary N) is 1. The van der Waals surface area contributed by atoms with E-state index < -0.39 is 28.5 Å². The van der Waals surface area contributed by atoms with Gasteiger partial charge in [0.15, 0.2) is 0 Å². The summed E-state index contributed by atoms with van der Waals surface area (Å²) < 4.78 is 34.3. The minimum atomic E-state index is -4.25. The average Bonchev–Trinajstić information content (AvgIpc) is 3.02. The molecule has 0 fully saturated rings. The Bertz CT molecular complexity index is 1690. The van der Waals surface area contributed by atoms with Crippen molar-refractivity contribution in [2.45, 2.75) is 30.8 Å². The summed E-state index contributed by atoms with van der Waals surface area (Å²) in [5.41, 5.74) is 1.68. The molecule has 0 radical (unpaired) electrons. The Morgan fingerprint density at radius 2 is 1.52 bits per heavy atom.